The number of aliphatic hydroxyl groups is 1. The first-order valence-electron chi connectivity index (χ1n) is 10.3. The van der Waals surface area contributed by atoms with Gasteiger partial charge in [0.1, 0.15) is 24.2 Å². The van der Waals surface area contributed by atoms with E-state index in [0.29, 0.717) is 0 Å². The van der Waals surface area contributed by atoms with Gasteiger partial charge >= 0.3 is 5.97 Å². The number of thiol groups is 1. The number of rotatable bonds is 11. The summed E-state index contributed by atoms with van der Waals surface area (Å²) in [5, 5.41) is 26.8. The molecule has 2 aromatic rings. The van der Waals surface area contributed by atoms with Crippen molar-refractivity contribution in [3.63, 3.8) is 0 Å². The lowest BCUT2D eigenvalue weighted by molar-refractivity contribution is -0.141. The summed E-state index contributed by atoms with van der Waals surface area (Å²) in [5.41, 5.74) is 7.17. The Labute approximate surface area is 195 Å². The Hall–Kier alpha value is -3.09. The molecule has 11 nitrogen and oxygen atoms in total. The zero-order valence-electron chi connectivity index (χ0n) is 18.2. The largest absolute Gasteiger partial charge is 0.480 e. The number of para-hydroxylation sites is 1. The number of nitrogens with two attached hydrogens (primary N) is 1. The van der Waals surface area contributed by atoms with Gasteiger partial charge in [0.25, 0.3) is 0 Å². The van der Waals surface area contributed by atoms with E-state index in [2.05, 4.69) is 33.6 Å². The van der Waals surface area contributed by atoms with E-state index < -0.39 is 54.0 Å². The van der Waals surface area contributed by atoms with Gasteiger partial charge in [-0.15, -0.1) is 0 Å². The molecule has 0 saturated heterocycles. The Morgan fingerprint density at radius 1 is 1.03 bits per heavy atom. The molecule has 1 aromatic heterocycles. The smallest absolute Gasteiger partial charge is 0.325 e. The molecular formula is C21H29N5O6S. The van der Waals surface area contributed by atoms with Gasteiger partial charge < -0.3 is 36.9 Å². The molecule has 5 atom stereocenters. The predicted octanol–water partition coefficient (Wildman–Crippen LogP) is -1.09. The minimum Gasteiger partial charge on any atom is -0.480 e. The summed E-state index contributed by atoms with van der Waals surface area (Å²) < 4.78 is 0. The third kappa shape index (κ3) is 6.94. The zero-order chi connectivity index (χ0) is 24.7. The highest BCUT2D eigenvalue weighted by Gasteiger charge is 2.30. The molecule has 3 amide bonds. The number of fused-ring (bicyclic) bond motifs is 1. The number of carboxylic acids is 1. The molecule has 0 saturated carbocycles. The van der Waals surface area contributed by atoms with Crippen LogP contribution in [0.1, 0.15) is 19.4 Å². The number of aliphatic carboxylic acids is 1. The average Bonchev–Trinajstić information content (AvgIpc) is 3.18. The third-order valence-electron chi connectivity index (χ3n) is 5.10. The van der Waals surface area contributed by atoms with Crippen LogP contribution in [-0.2, 0) is 25.6 Å². The van der Waals surface area contributed by atoms with Crippen molar-refractivity contribution in [2.45, 2.75) is 50.5 Å². The monoisotopic (exact) mass is 479 g/mol. The topological polar surface area (TPSA) is 187 Å². The number of nitrogens with one attached hydrogen (secondary N) is 4. The second kappa shape index (κ2) is 11.7. The molecule has 5 unspecified atom stereocenters. The van der Waals surface area contributed by atoms with Crippen molar-refractivity contribution in [2.75, 3.05) is 5.75 Å². The lowest BCUT2D eigenvalue weighted by atomic mass is 10.0. The van der Waals surface area contributed by atoms with Gasteiger partial charge in [-0.2, -0.15) is 12.6 Å². The quantitative estimate of drug-likeness (QED) is 0.188. The summed E-state index contributed by atoms with van der Waals surface area (Å²) >= 11 is 4.08. The van der Waals surface area contributed by atoms with E-state index in [9.17, 15) is 24.3 Å². The maximum Gasteiger partial charge on any atom is 0.325 e. The van der Waals surface area contributed by atoms with Crippen LogP contribution < -0.4 is 21.7 Å². The molecule has 0 radical (unpaired) electrons. The number of H-pyrrole nitrogens is 1. The molecule has 1 heterocycles. The second-order valence-electron chi connectivity index (χ2n) is 7.70. The van der Waals surface area contributed by atoms with Crippen molar-refractivity contribution >= 4 is 47.2 Å². The summed E-state index contributed by atoms with van der Waals surface area (Å²) in [5.74, 6) is -3.49. The highest BCUT2D eigenvalue weighted by Crippen LogP contribution is 2.19. The summed E-state index contributed by atoms with van der Waals surface area (Å²) in [4.78, 5) is 52.1. The van der Waals surface area contributed by atoms with Gasteiger partial charge in [-0.25, -0.2) is 0 Å². The van der Waals surface area contributed by atoms with Gasteiger partial charge in [-0.1, -0.05) is 18.2 Å². The number of aromatic nitrogens is 1. The molecule has 180 valence electrons. The molecule has 2 rings (SSSR count). The van der Waals surface area contributed by atoms with Crippen LogP contribution >= 0.6 is 12.6 Å². The van der Waals surface area contributed by atoms with Crippen molar-refractivity contribution < 1.29 is 29.4 Å². The van der Waals surface area contributed by atoms with Crippen LogP contribution in [0.5, 0.6) is 0 Å². The summed E-state index contributed by atoms with van der Waals surface area (Å²) in [7, 11) is 0. The van der Waals surface area contributed by atoms with Crippen LogP contribution in [0.3, 0.4) is 0 Å². The molecule has 0 spiro atoms. The number of aromatic amines is 1. The standard InChI is InChI=1S/C21H29N5O6S/c1-10(21(31)32)24-18(28)15(7-12-8-23-14-6-4-3-5-13(12)14)25-19(29)16(9-33)26-20(30)17(22)11(2)27/h3-6,8,10-11,15-17,23,27,33H,7,9,22H2,1-2H3,(H,24,28)(H,25,29)(H,26,30)(H,31,32). The minimum absolute atomic E-state index is 0.0638. The van der Waals surface area contributed by atoms with Crippen molar-refractivity contribution in [1.29, 1.82) is 0 Å². The molecule has 8 N–H and O–H groups in total. The highest BCUT2D eigenvalue weighted by molar-refractivity contribution is 7.80. The van der Waals surface area contributed by atoms with E-state index in [-0.39, 0.29) is 12.2 Å². The molecule has 0 aliphatic carbocycles. The van der Waals surface area contributed by atoms with E-state index >= 15 is 0 Å². The molecule has 0 aliphatic heterocycles. The van der Waals surface area contributed by atoms with Crippen LogP contribution in [0.2, 0.25) is 0 Å². The minimum atomic E-state index is -1.25. The highest BCUT2D eigenvalue weighted by atomic mass is 32.1. The van der Waals surface area contributed by atoms with Crippen LogP contribution in [0.25, 0.3) is 10.9 Å². The van der Waals surface area contributed by atoms with Gasteiger partial charge in [0.05, 0.1) is 6.10 Å². The summed E-state index contributed by atoms with van der Waals surface area (Å²) in [6.07, 6.45) is 0.637. The van der Waals surface area contributed by atoms with Crippen molar-refractivity contribution in [1.82, 2.24) is 20.9 Å². The van der Waals surface area contributed by atoms with Crippen LogP contribution in [-0.4, -0.2) is 74.9 Å². The number of carbonyl (C=O) groups is 4. The van der Waals surface area contributed by atoms with Gasteiger partial charge in [0.2, 0.25) is 17.7 Å². The Bertz CT molecular complexity index is 1010. The zero-order valence-corrected chi connectivity index (χ0v) is 19.1. The van der Waals surface area contributed by atoms with Gasteiger partial charge in [-0.05, 0) is 25.5 Å². The second-order valence-corrected chi connectivity index (χ2v) is 8.07. The molecule has 0 bridgehead atoms. The number of aliphatic hydroxyl groups excluding tert-OH is 1. The lowest BCUT2D eigenvalue weighted by Crippen LogP contribution is -2.58. The maximum atomic E-state index is 12.8. The number of carbonyl (C=O) groups excluding carboxylic acids is 3. The van der Waals surface area contributed by atoms with E-state index in [1.165, 1.54) is 13.8 Å². The van der Waals surface area contributed by atoms with Crippen LogP contribution in [0.15, 0.2) is 30.5 Å². The molecule has 0 fully saturated rings. The van der Waals surface area contributed by atoms with Gasteiger partial charge in [0, 0.05) is 29.3 Å². The number of hydrogen-bond acceptors (Lipinski definition) is 7. The van der Waals surface area contributed by atoms with Crippen LogP contribution in [0, 0.1) is 0 Å². The first kappa shape index (κ1) is 26.2. The Kier molecular flexibility index (Phi) is 9.26. The third-order valence-corrected chi connectivity index (χ3v) is 5.46. The molecule has 33 heavy (non-hydrogen) atoms. The first-order valence-corrected chi connectivity index (χ1v) is 10.9. The van der Waals surface area contributed by atoms with Crippen molar-refractivity contribution in [3.05, 3.63) is 36.0 Å². The Morgan fingerprint density at radius 2 is 1.64 bits per heavy atom. The average molecular weight is 480 g/mol. The van der Waals surface area contributed by atoms with Crippen LogP contribution in [0.4, 0.5) is 0 Å². The molecular weight excluding hydrogens is 450 g/mol. The normalized spacial score (nSPS) is 15.7. The lowest BCUT2D eigenvalue weighted by Gasteiger charge is -2.24. The van der Waals surface area contributed by atoms with E-state index in [4.69, 9.17) is 10.8 Å². The Balaban J connectivity index is 2.22. The van der Waals surface area contributed by atoms with Crippen molar-refractivity contribution in [2.24, 2.45) is 5.73 Å². The molecule has 0 aliphatic rings. The SMILES string of the molecule is CC(NC(=O)C(Cc1c[nH]c2ccccc12)NC(=O)C(CS)NC(=O)C(N)C(C)O)C(=O)O. The molecule has 12 heteroatoms. The fourth-order valence-corrected chi connectivity index (χ4v) is 3.32. The van der Waals surface area contributed by atoms with E-state index in [1.54, 1.807) is 6.20 Å². The van der Waals surface area contributed by atoms with E-state index in [1.807, 2.05) is 24.3 Å². The number of amides is 3. The molecule has 1 aromatic carbocycles. The van der Waals surface area contributed by atoms with Crippen molar-refractivity contribution in [3.8, 4) is 0 Å². The number of hydrogen-bond donors (Lipinski definition) is 8. The number of benzene rings is 1. The summed E-state index contributed by atoms with van der Waals surface area (Å²) in [6.45, 7) is 2.64. The summed E-state index contributed by atoms with van der Waals surface area (Å²) in [6, 6.07) is 2.69. The fraction of sp³-hybridized carbons (Fsp3) is 0.429. The van der Waals surface area contributed by atoms with Gasteiger partial charge in [-0.3, -0.25) is 19.2 Å². The fourth-order valence-electron chi connectivity index (χ4n) is 3.06. The van der Waals surface area contributed by atoms with E-state index in [0.717, 1.165) is 16.5 Å². The maximum absolute atomic E-state index is 12.8. The predicted molar refractivity (Wildman–Crippen MR) is 125 cm³/mol. The van der Waals surface area contributed by atoms with Gasteiger partial charge in [0.15, 0.2) is 0 Å². The Morgan fingerprint density at radius 3 is 2.24 bits per heavy atom. The number of carboxylic acid groups (broad SMARTS) is 1. The first-order chi connectivity index (χ1) is 15.5.